The maximum Gasteiger partial charge on any atom is 0.411 e. The lowest BCUT2D eigenvalue weighted by molar-refractivity contribution is 0.650. The number of hydrogen-bond donors (Lipinski definition) is 0. The van der Waals surface area contributed by atoms with E-state index in [1.54, 1.807) is 0 Å². The van der Waals surface area contributed by atoms with Crippen molar-refractivity contribution in [2.75, 3.05) is 0 Å². The van der Waals surface area contributed by atoms with Gasteiger partial charge in [-0.15, -0.1) is 0 Å². The predicted octanol–water partition coefficient (Wildman–Crippen LogP) is 3.01. The van der Waals surface area contributed by atoms with Gasteiger partial charge in [0.1, 0.15) is 0 Å². The molecule has 0 radical (unpaired) electrons. The van der Waals surface area contributed by atoms with Gasteiger partial charge in [0.15, 0.2) is 0 Å². The van der Waals surface area contributed by atoms with Crippen LogP contribution in [0.4, 0.5) is 8.22 Å². The van der Waals surface area contributed by atoms with Crippen LogP contribution in [0.15, 0.2) is 18.2 Å². The molecule has 0 bridgehead atoms. The van der Waals surface area contributed by atoms with Crippen LogP contribution in [0.25, 0.3) is 0 Å². The van der Waals surface area contributed by atoms with Crippen LogP contribution < -0.4 is 0 Å². The highest BCUT2D eigenvalue weighted by Crippen LogP contribution is 2.14. The smallest absolute Gasteiger partial charge is 0.275 e. The zero-order chi connectivity index (χ0) is 9.84. The zero-order valence-corrected chi connectivity index (χ0v) is 9.13. The first-order valence-electron chi connectivity index (χ1n) is 4.44. The van der Waals surface area contributed by atoms with Crippen molar-refractivity contribution in [3.63, 3.8) is 0 Å². The van der Waals surface area contributed by atoms with Crippen LogP contribution in [0.1, 0.15) is 16.7 Å². The van der Waals surface area contributed by atoms with Crippen molar-refractivity contribution in [2.24, 2.45) is 0 Å². The molecule has 0 aliphatic heterocycles. The van der Waals surface area contributed by atoms with Crippen LogP contribution in [-0.4, -0.2) is 9.46 Å². The summed E-state index contributed by atoms with van der Waals surface area (Å²) in [6, 6.07) is 6.12. The summed E-state index contributed by atoms with van der Waals surface area (Å²) >= 11 is 0. The van der Waals surface area contributed by atoms with E-state index in [0.29, 0.717) is 6.42 Å². The molecule has 0 heterocycles. The van der Waals surface area contributed by atoms with Gasteiger partial charge in [-0.2, -0.15) is 0 Å². The Morgan fingerprint density at radius 2 is 1.92 bits per heavy atom. The quantitative estimate of drug-likeness (QED) is 0.520. The Morgan fingerprint density at radius 3 is 2.54 bits per heavy atom. The van der Waals surface area contributed by atoms with Gasteiger partial charge < -0.3 is 0 Å². The van der Waals surface area contributed by atoms with E-state index in [2.05, 4.69) is 0 Å². The van der Waals surface area contributed by atoms with E-state index in [4.69, 9.17) is 0 Å². The monoisotopic (exact) mass is 200 g/mol. The van der Waals surface area contributed by atoms with Crippen LogP contribution in [0.3, 0.4) is 0 Å². The van der Waals surface area contributed by atoms with Gasteiger partial charge in [-0.3, -0.25) is 8.22 Å². The van der Waals surface area contributed by atoms with E-state index in [1.165, 1.54) is 0 Å². The second-order valence-corrected chi connectivity index (χ2v) is 4.72. The Morgan fingerprint density at radius 1 is 1.23 bits per heavy atom. The summed E-state index contributed by atoms with van der Waals surface area (Å²) in [6.07, 6.45) is 0.539. The molecule has 0 aliphatic carbocycles. The first kappa shape index (κ1) is 10.4. The zero-order valence-electron chi connectivity index (χ0n) is 7.98. The van der Waals surface area contributed by atoms with Crippen LogP contribution in [0.5, 0.6) is 0 Å². The van der Waals surface area contributed by atoms with Gasteiger partial charge in [-0.25, -0.2) is 0 Å². The Labute approximate surface area is 79.5 Å². The van der Waals surface area contributed by atoms with Crippen molar-refractivity contribution in [3.05, 3.63) is 34.9 Å². The molecule has 1 aromatic rings. The second kappa shape index (κ2) is 4.51. The molecule has 0 aromatic heterocycles. The maximum absolute atomic E-state index is 12.1. The molecule has 72 valence electrons. The molecular weight excluding hydrogens is 186 g/mol. The van der Waals surface area contributed by atoms with E-state index in [0.717, 1.165) is 16.7 Å². The molecule has 0 N–H and O–H groups in total. The molecule has 0 saturated carbocycles. The first-order chi connectivity index (χ1) is 6.09. The van der Waals surface area contributed by atoms with Gasteiger partial charge in [-0.1, -0.05) is 23.8 Å². The van der Waals surface area contributed by atoms with E-state index >= 15 is 0 Å². The Bertz CT molecular complexity index is 284. The number of benzene rings is 1. The number of hydrogen-bond acceptors (Lipinski definition) is 0. The van der Waals surface area contributed by atoms with Gasteiger partial charge >= 0.3 is 9.46 Å². The lowest BCUT2D eigenvalue weighted by atomic mass is 10.0. The molecule has 0 amide bonds. The fourth-order valence-corrected chi connectivity index (χ4v) is 1.86. The average Bonchev–Trinajstić information content (AvgIpc) is 2.06. The number of aryl methyl sites for hydroxylation is 3. The normalized spacial score (nSPS) is 10.8. The molecule has 0 atom stereocenters. The van der Waals surface area contributed by atoms with Crippen LogP contribution in [0, 0.1) is 13.8 Å². The van der Waals surface area contributed by atoms with Crippen LogP contribution in [0.2, 0.25) is 6.04 Å². The Hall–Kier alpha value is -0.703. The average molecular weight is 200 g/mol. The highest BCUT2D eigenvalue weighted by Gasteiger charge is 2.08. The van der Waals surface area contributed by atoms with Crippen molar-refractivity contribution < 1.29 is 8.22 Å². The van der Waals surface area contributed by atoms with Gasteiger partial charge in [0.2, 0.25) is 0 Å². The topological polar surface area (TPSA) is 0 Å². The SMILES string of the molecule is Cc1ccc(C)c(CC[SiH](F)F)c1. The predicted molar refractivity (Wildman–Crippen MR) is 53.8 cm³/mol. The van der Waals surface area contributed by atoms with E-state index in [-0.39, 0.29) is 6.04 Å². The molecule has 3 heteroatoms. The molecule has 0 unspecified atom stereocenters. The molecule has 0 nitrogen and oxygen atoms in total. The number of rotatable bonds is 3. The molecule has 0 aliphatic rings. The largest absolute Gasteiger partial charge is 0.411 e. The minimum Gasteiger partial charge on any atom is -0.275 e. The minimum atomic E-state index is -3.38. The van der Waals surface area contributed by atoms with E-state index in [9.17, 15) is 8.22 Å². The lowest BCUT2D eigenvalue weighted by Gasteiger charge is -2.05. The summed E-state index contributed by atoms with van der Waals surface area (Å²) in [5.74, 6) is 0. The van der Waals surface area contributed by atoms with Crippen molar-refractivity contribution in [3.8, 4) is 0 Å². The lowest BCUT2D eigenvalue weighted by Crippen LogP contribution is -1.99. The Kier molecular flexibility index (Phi) is 3.60. The fourth-order valence-electron chi connectivity index (χ4n) is 1.33. The third kappa shape index (κ3) is 3.26. The third-order valence-corrected chi connectivity index (χ3v) is 2.86. The van der Waals surface area contributed by atoms with E-state index < -0.39 is 9.46 Å². The van der Waals surface area contributed by atoms with Crippen molar-refractivity contribution in [1.29, 1.82) is 0 Å². The van der Waals surface area contributed by atoms with E-state index in [1.807, 2.05) is 32.0 Å². The molecule has 13 heavy (non-hydrogen) atoms. The molecule has 1 aromatic carbocycles. The summed E-state index contributed by atoms with van der Waals surface area (Å²) in [5, 5.41) is 0. The van der Waals surface area contributed by atoms with Crippen molar-refractivity contribution in [2.45, 2.75) is 26.3 Å². The molecular formula is C10H14F2Si. The molecule has 0 spiro atoms. The first-order valence-corrected chi connectivity index (χ1v) is 6.13. The van der Waals surface area contributed by atoms with Gasteiger partial charge in [-0.05, 0) is 37.4 Å². The van der Waals surface area contributed by atoms with Crippen molar-refractivity contribution >= 4 is 9.46 Å². The summed E-state index contributed by atoms with van der Waals surface area (Å²) in [7, 11) is -3.38. The summed E-state index contributed by atoms with van der Waals surface area (Å²) in [6.45, 7) is 3.96. The van der Waals surface area contributed by atoms with Gasteiger partial charge in [0.25, 0.3) is 0 Å². The highest BCUT2D eigenvalue weighted by molar-refractivity contribution is 6.42. The third-order valence-electron chi connectivity index (χ3n) is 2.14. The summed E-state index contributed by atoms with van der Waals surface area (Å²) in [5.41, 5.74) is 3.35. The molecule has 0 saturated heterocycles. The highest BCUT2D eigenvalue weighted by atomic mass is 28.4. The second-order valence-electron chi connectivity index (χ2n) is 3.36. The number of halogens is 2. The Balaban J connectivity index is 2.70. The molecule has 0 fully saturated rings. The summed E-state index contributed by atoms with van der Waals surface area (Å²) in [4.78, 5) is 0. The summed E-state index contributed by atoms with van der Waals surface area (Å²) < 4.78 is 24.2. The van der Waals surface area contributed by atoms with Crippen LogP contribution >= 0.6 is 0 Å². The van der Waals surface area contributed by atoms with Crippen LogP contribution in [-0.2, 0) is 6.42 Å². The fraction of sp³-hybridized carbons (Fsp3) is 0.400. The minimum absolute atomic E-state index is 0.101. The van der Waals surface area contributed by atoms with Crippen molar-refractivity contribution in [1.82, 2.24) is 0 Å². The van der Waals surface area contributed by atoms with Gasteiger partial charge in [0.05, 0.1) is 0 Å². The molecule has 1 rings (SSSR count). The maximum atomic E-state index is 12.1. The standard InChI is InChI=1S/C10H14F2Si/c1-8-3-4-9(2)10(7-8)5-6-13(11)12/h3-4,7,13H,5-6H2,1-2H3. The van der Waals surface area contributed by atoms with Gasteiger partial charge in [0, 0.05) is 0 Å².